The number of halogens is 1. The summed E-state index contributed by atoms with van der Waals surface area (Å²) in [6.07, 6.45) is 2.21. The lowest BCUT2D eigenvalue weighted by Gasteiger charge is -2.49. The summed E-state index contributed by atoms with van der Waals surface area (Å²) in [6, 6.07) is 7.51. The van der Waals surface area contributed by atoms with Gasteiger partial charge in [-0.25, -0.2) is 4.39 Å². The highest BCUT2D eigenvalue weighted by Gasteiger charge is 2.49. The van der Waals surface area contributed by atoms with Crippen molar-refractivity contribution >= 4 is 0 Å². The summed E-state index contributed by atoms with van der Waals surface area (Å²) >= 11 is 0. The normalized spacial score (nSPS) is 26.0. The summed E-state index contributed by atoms with van der Waals surface area (Å²) in [5.74, 6) is -0.153. The summed E-state index contributed by atoms with van der Waals surface area (Å²) < 4.78 is 19.1. The fraction of sp³-hybridized carbons (Fsp3) is 0.625. The second-order valence-corrected chi connectivity index (χ2v) is 6.47. The van der Waals surface area contributed by atoms with Crippen LogP contribution in [0.4, 0.5) is 4.39 Å². The van der Waals surface area contributed by atoms with Crippen LogP contribution in [0.15, 0.2) is 24.3 Å². The van der Waals surface area contributed by atoms with Crippen molar-refractivity contribution in [1.29, 1.82) is 0 Å². The highest BCUT2D eigenvalue weighted by atomic mass is 19.1. The van der Waals surface area contributed by atoms with Crippen LogP contribution >= 0.6 is 0 Å². The van der Waals surface area contributed by atoms with Gasteiger partial charge in [0.2, 0.25) is 0 Å². The molecular formula is C16H22FNO. The molecule has 104 valence electrons. The van der Waals surface area contributed by atoms with Crippen LogP contribution in [0.1, 0.15) is 25.8 Å². The number of hydrogen-bond acceptors (Lipinski definition) is 2. The summed E-state index contributed by atoms with van der Waals surface area (Å²) in [5.41, 5.74) is 1.42. The molecule has 3 heteroatoms. The molecule has 1 atom stereocenters. The van der Waals surface area contributed by atoms with Crippen molar-refractivity contribution in [2.75, 3.05) is 19.7 Å². The molecule has 0 amide bonds. The predicted octanol–water partition coefficient (Wildman–Crippen LogP) is 2.87. The molecule has 0 unspecified atom stereocenters. The van der Waals surface area contributed by atoms with E-state index in [1.54, 1.807) is 12.1 Å². The minimum atomic E-state index is -0.153. The monoisotopic (exact) mass is 263 g/mol. The molecule has 2 aliphatic heterocycles. The lowest BCUT2D eigenvalue weighted by Crippen LogP contribution is -2.59. The second kappa shape index (κ2) is 4.88. The Hall–Kier alpha value is -0.930. The molecule has 0 radical (unpaired) electrons. The van der Waals surface area contributed by atoms with Gasteiger partial charge in [-0.3, -0.25) is 4.90 Å². The van der Waals surface area contributed by atoms with Crippen LogP contribution in [0.2, 0.25) is 0 Å². The van der Waals surface area contributed by atoms with Crippen LogP contribution < -0.4 is 0 Å². The minimum Gasteiger partial charge on any atom is -0.377 e. The molecule has 0 bridgehead atoms. The summed E-state index contributed by atoms with van der Waals surface area (Å²) in [6.45, 7) is 7.67. The minimum absolute atomic E-state index is 0.153. The van der Waals surface area contributed by atoms with Gasteiger partial charge in [0.1, 0.15) is 5.82 Å². The first kappa shape index (κ1) is 13.1. The van der Waals surface area contributed by atoms with Crippen molar-refractivity contribution in [3.05, 3.63) is 35.6 Å². The first-order valence-electron chi connectivity index (χ1n) is 7.16. The zero-order chi connectivity index (χ0) is 13.5. The molecule has 2 saturated heterocycles. The standard InChI is InChI=1S/C16H22FNO/c1-12(2)18-9-16(10-18)8-15(19-11-16)7-13-4-3-5-14(17)6-13/h3-6,12,15H,7-11H2,1-2H3/t15-/m0/s1. The lowest BCUT2D eigenvalue weighted by atomic mass is 9.76. The highest BCUT2D eigenvalue weighted by molar-refractivity contribution is 5.18. The lowest BCUT2D eigenvalue weighted by molar-refractivity contribution is -0.0276. The van der Waals surface area contributed by atoms with E-state index in [9.17, 15) is 4.39 Å². The number of rotatable bonds is 3. The van der Waals surface area contributed by atoms with E-state index in [0.29, 0.717) is 11.5 Å². The van der Waals surface area contributed by atoms with Gasteiger partial charge in [-0.2, -0.15) is 0 Å². The van der Waals surface area contributed by atoms with Crippen LogP contribution in [0.3, 0.4) is 0 Å². The molecule has 2 fully saturated rings. The first-order chi connectivity index (χ1) is 9.06. The van der Waals surface area contributed by atoms with E-state index >= 15 is 0 Å². The molecular weight excluding hydrogens is 241 g/mol. The summed E-state index contributed by atoms with van der Waals surface area (Å²) in [4.78, 5) is 2.49. The summed E-state index contributed by atoms with van der Waals surface area (Å²) in [7, 11) is 0. The van der Waals surface area contributed by atoms with Crippen LogP contribution in [-0.4, -0.2) is 36.7 Å². The van der Waals surface area contributed by atoms with Crippen LogP contribution in [0.25, 0.3) is 0 Å². The third-order valence-corrected chi connectivity index (χ3v) is 4.45. The molecule has 19 heavy (non-hydrogen) atoms. The number of hydrogen-bond donors (Lipinski definition) is 0. The van der Waals surface area contributed by atoms with E-state index in [1.165, 1.54) is 6.07 Å². The zero-order valence-corrected chi connectivity index (χ0v) is 11.7. The predicted molar refractivity (Wildman–Crippen MR) is 73.6 cm³/mol. The van der Waals surface area contributed by atoms with Crippen LogP contribution in [0, 0.1) is 11.2 Å². The van der Waals surface area contributed by atoms with Crippen molar-refractivity contribution in [1.82, 2.24) is 4.90 Å². The quantitative estimate of drug-likeness (QED) is 0.831. The van der Waals surface area contributed by atoms with Gasteiger partial charge >= 0.3 is 0 Å². The van der Waals surface area contributed by atoms with Gasteiger partial charge in [-0.05, 0) is 44.4 Å². The van der Waals surface area contributed by atoms with Crippen molar-refractivity contribution in [2.45, 2.75) is 38.8 Å². The Morgan fingerprint density at radius 3 is 2.89 bits per heavy atom. The van der Waals surface area contributed by atoms with E-state index in [4.69, 9.17) is 4.74 Å². The third-order valence-electron chi connectivity index (χ3n) is 4.45. The average molecular weight is 263 g/mol. The Morgan fingerprint density at radius 1 is 1.42 bits per heavy atom. The van der Waals surface area contributed by atoms with E-state index in [2.05, 4.69) is 18.7 Å². The molecule has 0 saturated carbocycles. The summed E-state index contributed by atoms with van der Waals surface area (Å²) in [5, 5.41) is 0. The van der Waals surface area contributed by atoms with Crippen molar-refractivity contribution < 1.29 is 9.13 Å². The highest BCUT2D eigenvalue weighted by Crippen LogP contribution is 2.42. The van der Waals surface area contributed by atoms with Crippen molar-refractivity contribution in [3.8, 4) is 0 Å². The first-order valence-corrected chi connectivity index (χ1v) is 7.16. The zero-order valence-electron chi connectivity index (χ0n) is 11.7. The molecule has 0 aliphatic carbocycles. The van der Waals surface area contributed by atoms with E-state index < -0.39 is 0 Å². The molecule has 0 aromatic heterocycles. The van der Waals surface area contributed by atoms with Crippen LogP contribution in [-0.2, 0) is 11.2 Å². The van der Waals surface area contributed by atoms with Gasteiger partial charge in [0.15, 0.2) is 0 Å². The second-order valence-electron chi connectivity index (χ2n) is 6.47. The Kier molecular flexibility index (Phi) is 3.35. The Morgan fingerprint density at radius 2 is 2.21 bits per heavy atom. The van der Waals surface area contributed by atoms with Gasteiger partial charge in [0, 0.05) is 24.5 Å². The van der Waals surface area contributed by atoms with Gasteiger partial charge < -0.3 is 4.74 Å². The number of benzene rings is 1. The number of likely N-dealkylation sites (tertiary alicyclic amines) is 1. The third kappa shape index (κ3) is 2.67. The molecule has 2 heterocycles. The molecule has 1 aromatic carbocycles. The van der Waals surface area contributed by atoms with Crippen molar-refractivity contribution in [3.63, 3.8) is 0 Å². The van der Waals surface area contributed by atoms with Crippen LogP contribution in [0.5, 0.6) is 0 Å². The fourth-order valence-corrected chi connectivity index (χ4v) is 3.35. The molecule has 0 N–H and O–H groups in total. The Balaban J connectivity index is 1.56. The van der Waals surface area contributed by atoms with E-state index in [0.717, 1.165) is 38.1 Å². The maximum Gasteiger partial charge on any atom is 0.123 e. The molecule has 2 nitrogen and oxygen atoms in total. The van der Waals surface area contributed by atoms with E-state index in [-0.39, 0.29) is 11.9 Å². The van der Waals surface area contributed by atoms with Crippen molar-refractivity contribution in [2.24, 2.45) is 5.41 Å². The fourth-order valence-electron chi connectivity index (χ4n) is 3.35. The molecule has 1 aromatic rings. The average Bonchev–Trinajstić information content (AvgIpc) is 2.71. The van der Waals surface area contributed by atoms with Gasteiger partial charge in [0.25, 0.3) is 0 Å². The topological polar surface area (TPSA) is 12.5 Å². The van der Waals surface area contributed by atoms with Gasteiger partial charge in [-0.1, -0.05) is 12.1 Å². The largest absolute Gasteiger partial charge is 0.377 e. The molecule has 2 aliphatic rings. The van der Waals surface area contributed by atoms with Gasteiger partial charge in [0.05, 0.1) is 12.7 Å². The number of nitrogens with zero attached hydrogens (tertiary/aromatic N) is 1. The Labute approximate surface area is 114 Å². The smallest absolute Gasteiger partial charge is 0.123 e. The SMILES string of the molecule is CC(C)N1CC2(CO[C@@H](Cc3cccc(F)c3)C2)C1. The maximum absolute atomic E-state index is 13.2. The molecule has 3 rings (SSSR count). The van der Waals surface area contributed by atoms with Gasteiger partial charge in [-0.15, -0.1) is 0 Å². The maximum atomic E-state index is 13.2. The molecule has 1 spiro atoms. The Bertz CT molecular complexity index is 454. The van der Waals surface area contributed by atoms with E-state index in [1.807, 2.05) is 6.07 Å². The number of ether oxygens (including phenoxy) is 1.